The lowest BCUT2D eigenvalue weighted by atomic mass is 10.0. The van der Waals surface area contributed by atoms with E-state index in [0.717, 1.165) is 17.4 Å². The summed E-state index contributed by atoms with van der Waals surface area (Å²) in [6, 6.07) is 13.8. The van der Waals surface area contributed by atoms with E-state index >= 15 is 0 Å². The second-order valence-corrected chi connectivity index (χ2v) is 7.43. The van der Waals surface area contributed by atoms with Crippen molar-refractivity contribution in [3.05, 3.63) is 64.4 Å². The van der Waals surface area contributed by atoms with Gasteiger partial charge < -0.3 is 10.4 Å². The molecule has 0 aliphatic carbocycles. The van der Waals surface area contributed by atoms with Crippen LogP contribution in [0.3, 0.4) is 0 Å². The summed E-state index contributed by atoms with van der Waals surface area (Å²) in [6.07, 6.45) is 0. The van der Waals surface area contributed by atoms with Gasteiger partial charge in [0.2, 0.25) is 5.91 Å². The summed E-state index contributed by atoms with van der Waals surface area (Å²) in [5, 5.41) is 20.3. The van der Waals surface area contributed by atoms with Crippen molar-refractivity contribution >= 4 is 23.4 Å². The third-order valence-electron chi connectivity index (χ3n) is 4.02. The molecule has 1 heterocycles. The Hall–Kier alpha value is -3.13. The summed E-state index contributed by atoms with van der Waals surface area (Å²) < 4.78 is 0. The number of phenolic OH excluding ortho intramolecular Hbond substituents is 1. The fourth-order valence-electron chi connectivity index (χ4n) is 2.48. The number of anilines is 1. The molecule has 3 aromatic rings. The molecule has 144 valence electrons. The minimum atomic E-state index is -0.409. The number of phenols is 1. The van der Waals surface area contributed by atoms with Gasteiger partial charge in [0.1, 0.15) is 5.75 Å². The van der Waals surface area contributed by atoms with E-state index in [4.69, 9.17) is 0 Å². The number of thioether (sulfide) groups is 1. The Morgan fingerprint density at radius 1 is 1.11 bits per heavy atom. The molecule has 0 saturated heterocycles. The summed E-state index contributed by atoms with van der Waals surface area (Å²) in [5.41, 5.74) is 2.21. The normalized spacial score (nSPS) is 10.8. The lowest BCUT2D eigenvalue weighted by molar-refractivity contribution is -0.113. The van der Waals surface area contributed by atoms with Crippen LogP contribution in [0.15, 0.2) is 58.5 Å². The Bertz CT molecular complexity index is 1010. The first-order valence-corrected chi connectivity index (χ1v) is 9.70. The Kier molecular flexibility index (Phi) is 6.10. The number of rotatable bonds is 6. The zero-order valence-electron chi connectivity index (χ0n) is 15.5. The maximum atomic E-state index is 12.2. The van der Waals surface area contributed by atoms with Gasteiger partial charge in [-0.25, -0.2) is 0 Å². The number of hydrogen-bond acceptors (Lipinski definition) is 6. The molecule has 28 heavy (non-hydrogen) atoms. The number of benzene rings is 2. The maximum absolute atomic E-state index is 12.2. The molecule has 0 fully saturated rings. The highest BCUT2D eigenvalue weighted by atomic mass is 32.2. The van der Waals surface area contributed by atoms with Crippen LogP contribution >= 0.6 is 11.8 Å². The molecule has 0 atom stereocenters. The quantitative estimate of drug-likeness (QED) is 0.551. The second kappa shape index (κ2) is 8.71. The Labute approximate surface area is 166 Å². The SMILES string of the molecule is CC(C)c1ccc(NC(=O)CSc2nnc(-c3ccc(O)cc3)c(=O)[nH]2)cc1. The van der Waals surface area contributed by atoms with E-state index in [0.29, 0.717) is 11.5 Å². The Morgan fingerprint density at radius 3 is 2.39 bits per heavy atom. The van der Waals surface area contributed by atoms with E-state index in [1.807, 2.05) is 24.3 Å². The maximum Gasteiger partial charge on any atom is 0.278 e. The van der Waals surface area contributed by atoms with Crippen LogP contribution in [0.2, 0.25) is 0 Å². The first-order valence-electron chi connectivity index (χ1n) is 8.71. The van der Waals surface area contributed by atoms with Gasteiger partial charge in [-0.1, -0.05) is 37.7 Å². The number of aromatic nitrogens is 3. The van der Waals surface area contributed by atoms with Crippen molar-refractivity contribution in [3.8, 4) is 17.0 Å². The fraction of sp³-hybridized carbons (Fsp3) is 0.200. The fourth-order valence-corrected chi connectivity index (χ4v) is 3.08. The Morgan fingerprint density at radius 2 is 1.79 bits per heavy atom. The lowest BCUT2D eigenvalue weighted by Gasteiger charge is -2.08. The molecule has 3 N–H and O–H groups in total. The zero-order valence-corrected chi connectivity index (χ0v) is 16.3. The van der Waals surface area contributed by atoms with E-state index in [9.17, 15) is 14.7 Å². The van der Waals surface area contributed by atoms with Crippen LogP contribution in [0.1, 0.15) is 25.3 Å². The number of aromatic amines is 1. The van der Waals surface area contributed by atoms with Crippen molar-refractivity contribution in [2.45, 2.75) is 24.9 Å². The van der Waals surface area contributed by atoms with Gasteiger partial charge in [-0.05, 0) is 47.9 Å². The topological polar surface area (TPSA) is 108 Å². The van der Waals surface area contributed by atoms with Crippen molar-refractivity contribution in [2.24, 2.45) is 0 Å². The minimum absolute atomic E-state index is 0.0924. The zero-order chi connectivity index (χ0) is 20.1. The molecule has 1 amide bonds. The van der Waals surface area contributed by atoms with Gasteiger partial charge in [0.15, 0.2) is 10.9 Å². The molecule has 0 bridgehead atoms. The van der Waals surface area contributed by atoms with Crippen LogP contribution in [0.25, 0.3) is 11.3 Å². The third kappa shape index (κ3) is 4.98. The van der Waals surface area contributed by atoms with Gasteiger partial charge >= 0.3 is 0 Å². The van der Waals surface area contributed by atoms with Gasteiger partial charge in [0.05, 0.1) is 5.75 Å². The van der Waals surface area contributed by atoms with Gasteiger partial charge in [-0.2, -0.15) is 0 Å². The molecule has 0 unspecified atom stereocenters. The number of hydrogen-bond donors (Lipinski definition) is 3. The average Bonchev–Trinajstić information content (AvgIpc) is 2.68. The third-order valence-corrected chi connectivity index (χ3v) is 4.88. The van der Waals surface area contributed by atoms with Crippen LogP contribution in [0.5, 0.6) is 5.75 Å². The summed E-state index contributed by atoms with van der Waals surface area (Å²) in [5.74, 6) is 0.424. The number of amides is 1. The summed E-state index contributed by atoms with van der Waals surface area (Å²) in [7, 11) is 0. The highest BCUT2D eigenvalue weighted by Gasteiger charge is 2.10. The van der Waals surface area contributed by atoms with E-state index in [2.05, 4.69) is 34.3 Å². The summed E-state index contributed by atoms with van der Waals surface area (Å²) in [6.45, 7) is 4.22. The van der Waals surface area contributed by atoms with E-state index in [1.54, 1.807) is 12.1 Å². The molecule has 0 aliphatic rings. The highest BCUT2D eigenvalue weighted by Crippen LogP contribution is 2.19. The minimum Gasteiger partial charge on any atom is -0.508 e. The van der Waals surface area contributed by atoms with Crippen molar-refractivity contribution < 1.29 is 9.90 Å². The number of H-pyrrole nitrogens is 1. The van der Waals surface area contributed by atoms with Gasteiger partial charge in [0.25, 0.3) is 5.56 Å². The first-order chi connectivity index (χ1) is 13.4. The second-order valence-electron chi connectivity index (χ2n) is 6.47. The largest absolute Gasteiger partial charge is 0.508 e. The van der Waals surface area contributed by atoms with Gasteiger partial charge in [-0.3, -0.25) is 14.6 Å². The number of aromatic hydroxyl groups is 1. The van der Waals surface area contributed by atoms with E-state index < -0.39 is 5.56 Å². The molecule has 0 radical (unpaired) electrons. The predicted molar refractivity (Wildman–Crippen MR) is 110 cm³/mol. The van der Waals surface area contributed by atoms with Crippen LogP contribution in [-0.4, -0.2) is 31.9 Å². The molecule has 0 spiro atoms. The van der Waals surface area contributed by atoms with E-state index in [1.165, 1.54) is 17.7 Å². The first kappa shape index (κ1) is 19.6. The van der Waals surface area contributed by atoms with Gasteiger partial charge in [-0.15, -0.1) is 10.2 Å². The molecule has 1 aromatic heterocycles. The molecule has 0 saturated carbocycles. The molecule has 8 heteroatoms. The van der Waals surface area contributed by atoms with Crippen molar-refractivity contribution in [1.29, 1.82) is 0 Å². The van der Waals surface area contributed by atoms with Crippen LogP contribution in [0, 0.1) is 0 Å². The molecule has 7 nitrogen and oxygen atoms in total. The standard InChI is InChI=1S/C20H20N4O3S/c1-12(2)13-3-7-15(8-4-13)21-17(26)11-28-20-22-19(27)18(23-24-20)14-5-9-16(25)10-6-14/h3-10,12,25H,11H2,1-2H3,(H,21,26)(H,22,24,27). The number of carbonyl (C=O) groups excluding carboxylic acids is 1. The monoisotopic (exact) mass is 396 g/mol. The molecule has 0 aliphatic heterocycles. The van der Waals surface area contributed by atoms with Crippen LogP contribution < -0.4 is 10.9 Å². The summed E-state index contributed by atoms with van der Waals surface area (Å²) in [4.78, 5) is 26.9. The van der Waals surface area contributed by atoms with Crippen molar-refractivity contribution in [1.82, 2.24) is 15.2 Å². The van der Waals surface area contributed by atoms with Crippen LogP contribution in [-0.2, 0) is 4.79 Å². The van der Waals surface area contributed by atoms with Crippen LogP contribution in [0.4, 0.5) is 5.69 Å². The molecular weight excluding hydrogens is 376 g/mol. The average molecular weight is 396 g/mol. The number of nitrogens with one attached hydrogen (secondary N) is 2. The molecule has 2 aromatic carbocycles. The number of nitrogens with zero attached hydrogens (tertiary/aromatic N) is 2. The molecule has 3 rings (SSSR count). The van der Waals surface area contributed by atoms with E-state index in [-0.39, 0.29) is 28.3 Å². The lowest BCUT2D eigenvalue weighted by Crippen LogP contribution is -2.17. The smallest absolute Gasteiger partial charge is 0.278 e. The Balaban J connectivity index is 1.59. The predicted octanol–water partition coefficient (Wildman–Crippen LogP) is 3.39. The highest BCUT2D eigenvalue weighted by molar-refractivity contribution is 7.99. The summed E-state index contributed by atoms with van der Waals surface area (Å²) >= 11 is 1.10. The number of carbonyl (C=O) groups is 1. The van der Waals surface area contributed by atoms with Gasteiger partial charge in [0, 0.05) is 11.3 Å². The van der Waals surface area contributed by atoms with Crippen molar-refractivity contribution in [3.63, 3.8) is 0 Å². The van der Waals surface area contributed by atoms with Crippen molar-refractivity contribution in [2.75, 3.05) is 11.1 Å². The molecular formula is C20H20N4O3S.